The van der Waals surface area contributed by atoms with E-state index < -0.39 is 0 Å². The predicted octanol–water partition coefficient (Wildman–Crippen LogP) is 1.19. The molecule has 0 radical (unpaired) electrons. The van der Waals surface area contributed by atoms with E-state index in [4.69, 9.17) is 0 Å². The number of rotatable bonds is 3. The van der Waals surface area contributed by atoms with Gasteiger partial charge >= 0.3 is 0 Å². The lowest BCUT2D eigenvalue weighted by Crippen LogP contribution is -3.14. The van der Waals surface area contributed by atoms with E-state index in [1.165, 1.54) is 17.4 Å². The molecule has 1 atom stereocenters. The summed E-state index contributed by atoms with van der Waals surface area (Å²) >= 11 is 1.61. The van der Waals surface area contributed by atoms with E-state index in [0.29, 0.717) is 5.92 Å². The van der Waals surface area contributed by atoms with Gasteiger partial charge in [0.25, 0.3) is 5.91 Å². The van der Waals surface area contributed by atoms with Crippen molar-refractivity contribution in [3.05, 3.63) is 16.0 Å². The maximum Gasteiger partial charge on any atom is 0.257 e. The van der Waals surface area contributed by atoms with Gasteiger partial charge < -0.3 is 15.1 Å². The van der Waals surface area contributed by atoms with Crippen LogP contribution in [0, 0.1) is 5.92 Å². The third-order valence-corrected chi connectivity index (χ3v) is 6.44. The van der Waals surface area contributed by atoms with E-state index in [-0.39, 0.29) is 11.8 Å². The lowest BCUT2D eigenvalue weighted by molar-refractivity contribution is -0.902. The van der Waals surface area contributed by atoms with Crippen LogP contribution in [0.4, 0.5) is 5.00 Å². The van der Waals surface area contributed by atoms with Crippen molar-refractivity contribution in [2.24, 2.45) is 5.92 Å². The van der Waals surface area contributed by atoms with E-state index in [2.05, 4.69) is 19.2 Å². The number of fused-ring (bicyclic) bond motifs is 1. The molecule has 3 rings (SSSR count). The molecule has 1 saturated heterocycles. The molecule has 2 N–H and O–H groups in total. The van der Waals surface area contributed by atoms with Crippen molar-refractivity contribution in [3.63, 3.8) is 0 Å². The Morgan fingerprint density at radius 2 is 2.04 bits per heavy atom. The highest BCUT2D eigenvalue weighted by Crippen LogP contribution is 2.40. The van der Waals surface area contributed by atoms with Crippen molar-refractivity contribution < 1.29 is 14.5 Å². The van der Waals surface area contributed by atoms with Crippen LogP contribution in [-0.2, 0) is 17.6 Å². The highest BCUT2D eigenvalue weighted by Gasteiger charge is 2.32. The summed E-state index contributed by atoms with van der Waals surface area (Å²) in [6.45, 7) is 10.7. The van der Waals surface area contributed by atoms with Crippen molar-refractivity contribution in [1.82, 2.24) is 4.90 Å². The van der Waals surface area contributed by atoms with Gasteiger partial charge in [0, 0.05) is 11.8 Å². The number of carbonyl (C=O) groups is 2. The number of hydrogen-bond acceptors (Lipinski definition) is 3. The Balaban J connectivity index is 1.88. The Hall–Kier alpha value is -1.40. The first-order valence-corrected chi connectivity index (χ1v) is 9.86. The van der Waals surface area contributed by atoms with Crippen LogP contribution in [0.2, 0.25) is 0 Å². The molecule has 2 heterocycles. The maximum absolute atomic E-state index is 13.2. The van der Waals surface area contributed by atoms with Crippen LogP contribution in [0.3, 0.4) is 0 Å². The van der Waals surface area contributed by atoms with Crippen molar-refractivity contribution in [2.45, 2.75) is 40.0 Å². The first-order chi connectivity index (χ1) is 11.5. The summed E-state index contributed by atoms with van der Waals surface area (Å²) in [5.41, 5.74) is 1.97. The number of quaternary nitrogens is 1. The average Bonchev–Trinajstić information content (AvgIpc) is 2.90. The highest BCUT2D eigenvalue weighted by molar-refractivity contribution is 7.17. The molecule has 1 unspecified atom stereocenters. The number of thiophene rings is 1. The zero-order chi connectivity index (χ0) is 17.3. The molecular weight excluding hydrogens is 322 g/mol. The summed E-state index contributed by atoms with van der Waals surface area (Å²) < 4.78 is 0. The Morgan fingerprint density at radius 3 is 2.67 bits per heavy atom. The van der Waals surface area contributed by atoms with Crippen LogP contribution >= 0.6 is 11.3 Å². The summed E-state index contributed by atoms with van der Waals surface area (Å²) in [7, 11) is 0. The number of anilines is 1. The highest BCUT2D eigenvalue weighted by atomic mass is 32.1. The quantitative estimate of drug-likeness (QED) is 0.860. The van der Waals surface area contributed by atoms with Gasteiger partial charge in [0.2, 0.25) is 5.91 Å². The first kappa shape index (κ1) is 17.4. The Bertz CT molecular complexity index is 632. The molecule has 1 aromatic heterocycles. The average molecular weight is 351 g/mol. The molecule has 0 bridgehead atoms. The fourth-order valence-electron chi connectivity index (χ4n) is 3.76. The molecule has 1 aliphatic heterocycles. The molecule has 2 aliphatic rings. The molecule has 0 aromatic carbocycles. The van der Waals surface area contributed by atoms with Gasteiger partial charge in [0.05, 0.1) is 38.3 Å². The predicted molar refractivity (Wildman–Crippen MR) is 97.0 cm³/mol. The molecule has 5 nitrogen and oxygen atoms in total. The third-order valence-electron chi connectivity index (χ3n) is 5.27. The third kappa shape index (κ3) is 3.49. The zero-order valence-corrected chi connectivity index (χ0v) is 15.7. The second kappa shape index (κ2) is 7.23. The fourth-order valence-corrected chi connectivity index (χ4v) is 5.21. The van der Waals surface area contributed by atoms with Crippen molar-refractivity contribution in [2.75, 3.05) is 38.0 Å². The monoisotopic (exact) mass is 350 g/mol. The molecule has 132 valence electrons. The van der Waals surface area contributed by atoms with Crippen LogP contribution < -0.4 is 10.2 Å². The Morgan fingerprint density at radius 1 is 1.33 bits per heavy atom. The summed E-state index contributed by atoms with van der Waals surface area (Å²) in [4.78, 5) is 29.6. The first-order valence-electron chi connectivity index (χ1n) is 9.04. The number of piperazine rings is 1. The molecule has 1 aliphatic carbocycles. The number of nitrogens with zero attached hydrogens (tertiary/aromatic N) is 1. The summed E-state index contributed by atoms with van der Waals surface area (Å²) in [6.07, 6.45) is 3.10. The minimum Gasteiger partial charge on any atom is -0.332 e. The molecule has 2 amide bonds. The fraction of sp³-hybridized carbons (Fsp3) is 0.667. The number of nitrogens with one attached hydrogen (secondary N) is 2. The minimum atomic E-state index is -0.101. The largest absolute Gasteiger partial charge is 0.332 e. The van der Waals surface area contributed by atoms with Crippen LogP contribution in [0.1, 0.15) is 48.0 Å². The lowest BCUT2D eigenvalue weighted by atomic mass is 9.88. The van der Waals surface area contributed by atoms with Gasteiger partial charge in [-0.2, -0.15) is 0 Å². The SMILES string of the molecule is CC[NH+]1CCN(C(=O)c2c(NC(C)=O)sc3c2CCC(C)C3)CC1. The van der Waals surface area contributed by atoms with E-state index in [0.717, 1.165) is 62.6 Å². The van der Waals surface area contributed by atoms with Gasteiger partial charge in [0.15, 0.2) is 0 Å². The number of likely N-dealkylation sites (N-methyl/N-ethyl adjacent to an activating group) is 1. The van der Waals surface area contributed by atoms with E-state index in [1.54, 1.807) is 16.2 Å². The number of hydrogen-bond donors (Lipinski definition) is 2. The van der Waals surface area contributed by atoms with Gasteiger partial charge in [0.1, 0.15) is 5.00 Å². The van der Waals surface area contributed by atoms with Crippen LogP contribution in [0.25, 0.3) is 0 Å². The molecule has 0 saturated carbocycles. The van der Waals surface area contributed by atoms with Gasteiger partial charge in [-0.25, -0.2) is 0 Å². The molecule has 1 fully saturated rings. The van der Waals surface area contributed by atoms with Crippen molar-refractivity contribution in [3.8, 4) is 0 Å². The normalized spacial score (nSPS) is 21.5. The lowest BCUT2D eigenvalue weighted by Gasteiger charge is -2.32. The second-order valence-electron chi connectivity index (χ2n) is 7.13. The maximum atomic E-state index is 13.2. The summed E-state index contributed by atoms with van der Waals surface area (Å²) in [5.74, 6) is 0.665. The van der Waals surface area contributed by atoms with Crippen LogP contribution in [0.15, 0.2) is 0 Å². The van der Waals surface area contributed by atoms with Crippen LogP contribution in [-0.4, -0.2) is 49.4 Å². The van der Waals surface area contributed by atoms with E-state index >= 15 is 0 Å². The standard InChI is InChI=1S/C18H27N3O2S/c1-4-20-7-9-21(10-8-20)18(23)16-14-6-5-12(2)11-15(14)24-17(16)19-13(3)22/h12H,4-11H2,1-3H3,(H,19,22)/p+1. The minimum absolute atomic E-state index is 0.101. The molecule has 0 spiro atoms. The zero-order valence-electron chi connectivity index (χ0n) is 14.9. The topological polar surface area (TPSA) is 53.9 Å². The van der Waals surface area contributed by atoms with Crippen molar-refractivity contribution >= 4 is 28.2 Å². The molecule has 24 heavy (non-hydrogen) atoms. The van der Waals surface area contributed by atoms with Gasteiger partial charge in [-0.3, -0.25) is 9.59 Å². The summed E-state index contributed by atoms with van der Waals surface area (Å²) in [5, 5.41) is 3.67. The molecule has 1 aromatic rings. The summed E-state index contributed by atoms with van der Waals surface area (Å²) in [6, 6.07) is 0. The van der Waals surface area contributed by atoms with Gasteiger partial charge in [-0.1, -0.05) is 6.92 Å². The Labute approximate surface area is 148 Å². The molecule has 6 heteroatoms. The van der Waals surface area contributed by atoms with Crippen LogP contribution in [0.5, 0.6) is 0 Å². The van der Waals surface area contributed by atoms with Crippen molar-refractivity contribution in [1.29, 1.82) is 0 Å². The van der Waals surface area contributed by atoms with E-state index in [9.17, 15) is 9.59 Å². The number of amides is 2. The van der Waals surface area contributed by atoms with E-state index in [1.807, 2.05) is 4.90 Å². The van der Waals surface area contributed by atoms with Gasteiger partial charge in [-0.05, 0) is 37.7 Å². The Kier molecular flexibility index (Phi) is 5.25. The van der Waals surface area contributed by atoms with Gasteiger partial charge in [-0.15, -0.1) is 11.3 Å². The second-order valence-corrected chi connectivity index (χ2v) is 8.24. The smallest absolute Gasteiger partial charge is 0.257 e. The number of carbonyl (C=O) groups excluding carboxylic acids is 2. The molecular formula is C18H28N3O2S+.